The third-order valence-electron chi connectivity index (χ3n) is 7.36. The smallest absolute Gasteiger partial charge is 0.312 e. The maximum atomic E-state index is 14.1. The van der Waals surface area contributed by atoms with Gasteiger partial charge in [-0.2, -0.15) is 0 Å². The molecule has 2 amide bonds. The molecule has 3 fully saturated rings. The minimum Gasteiger partial charge on any atom is -0.466 e. The third kappa shape index (κ3) is 3.84. The molecule has 3 unspecified atom stereocenters. The highest BCUT2D eigenvalue weighted by Crippen LogP contribution is 2.61. The van der Waals surface area contributed by atoms with Crippen LogP contribution in [0.5, 0.6) is 0 Å². The highest BCUT2D eigenvalue weighted by Gasteiger charge is 2.77. The number of rotatable bonds is 7. The number of likely N-dealkylation sites (tertiary alicyclic amines) is 1. The molecule has 2 aromatic rings. The molecule has 3 aliphatic rings. The first-order valence-corrected chi connectivity index (χ1v) is 13.1. The molecule has 3 heterocycles. The van der Waals surface area contributed by atoms with Crippen LogP contribution in [0.3, 0.4) is 0 Å². The Balaban J connectivity index is 1.62. The average Bonchev–Trinajstić information content (AvgIpc) is 3.46. The number of halogens is 2. The number of carbonyl (C=O) groups excluding carboxylic acids is 3. The number of hydrogen-bond donors (Lipinski definition) is 2. The van der Waals surface area contributed by atoms with Crippen molar-refractivity contribution in [3.8, 4) is 0 Å². The molecule has 8 nitrogen and oxygen atoms in total. The minimum atomic E-state index is -1.28. The molecule has 36 heavy (non-hydrogen) atoms. The van der Waals surface area contributed by atoms with Gasteiger partial charge >= 0.3 is 5.97 Å². The summed E-state index contributed by atoms with van der Waals surface area (Å²) < 4.78 is 11.7. The van der Waals surface area contributed by atoms with Gasteiger partial charge in [0.25, 0.3) is 0 Å². The van der Waals surface area contributed by atoms with E-state index in [-0.39, 0.29) is 11.4 Å². The average molecular weight is 578 g/mol. The molecular weight excluding hydrogens is 552 g/mol. The molecule has 0 aliphatic carbocycles. The van der Waals surface area contributed by atoms with E-state index in [0.29, 0.717) is 22.7 Å². The Labute approximate surface area is 222 Å². The number of aliphatic hydroxyl groups is 1. The van der Waals surface area contributed by atoms with Crippen LogP contribution in [0.1, 0.15) is 24.9 Å². The van der Waals surface area contributed by atoms with Crippen LogP contribution in [0.25, 0.3) is 0 Å². The predicted octanol–water partition coefficient (Wildman–Crippen LogP) is 3.32. The maximum absolute atomic E-state index is 14.1. The second-order valence-electron chi connectivity index (χ2n) is 9.24. The number of amides is 2. The van der Waals surface area contributed by atoms with Crippen molar-refractivity contribution in [2.75, 3.05) is 18.5 Å². The summed E-state index contributed by atoms with van der Waals surface area (Å²) in [7, 11) is 0. The van der Waals surface area contributed by atoms with E-state index in [1.54, 1.807) is 55.5 Å². The zero-order chi connectivity index (χ0) is 25.6. The summed E-state index contributed by atoms with van der Waals surface area (Å²) in [4.78, 5) is 42.2. The van der Waals surface area contributed by atoms with E-state index in [4.69, 9.17) is 21.1 Å². The predicted molar refractivity (Wildman–Crippen MR) is 136 cm³/mol. The molecule has 2 N–H and O–H groups in total. The number of alkyl halides is 1. The zero-order valence-corrected chi connectivity index (χ0v) is 21.8. The van der Waals surface area contributed by atoms with Crippen molar-refractivity contribution in [2.45, 2.75) is 42.0 Å². The van der Waals surface area contributed by atoms with E-state index in [9.17, 15) is 19.5 Å². The number of benzene rings is 2. The minimum absolute atomic E-state index is 0.159. The standard InChI is InChI=1S/C26H26BrClN2O6/c1-2-35-25(34)19-20-24(33)30(18(13-31)14-8-4-3-5-9-14)22(26(20)12-15(27)21(19)36-26)23(32)29-17-11-7-6-10-16(17)28/h3-11,15,18-22,31H,2,12-13H2,1H3,(H,29,32)/t15?,18-,19-,20+,21-,22?,26?/m1/s1. The molecule has 190 valence electrons. The van der Waals surface area contributed by atoms with Gasteiger partial charge in [-0.3, -0.25) is 14.4 Å². The molecule has 0 radical (unpaired) electrons. The van der Waals surface area contributed by atoms with Crippen molar-refractivity contribution in [2.24, 2.45) is 11.8 Å². The van der Waals surface area contributed by atoms with Gasteiger partial charge in [-0.15, -0.1) is 0 Å². The van der Waals surface area contributed by atoms with Gasteiger partial charge in [0.05, 0.1) is 47.9 Å². The second-order valence-corrected chi connectivity index (χ2v) is 10.8. The zero-order valence-electron chi connectivity index (χ0n) is 19.5. The van der Waals surface area contributed by atoms with Crippen molar-refractivity contribution >= 4 is 51.0 Å². The lowest BCUT2D eigenvalue weighted by atomic mass is 9.70. The number of ether oxygens (including phenoxy) is 2. The number of hydrogen-bond acceptors (Lipinski definition) is 6. The first-order valence-electron chi connectivity index (χ1n) is 11.9. The SMILES string of the molecule is CCOC(=O)[C@H]1[C@@H]2OC3(CC2Br)C(C(=O)Nc2ccccc2Cl)N([C@H](CO)c2ccccc2)C(=O)[C@H]13. The van der Waals surface area contributed by atoms with Crippen molar-refractivity contribution in [1.29, 1.82) is 0 Å². The number of esters is 1. The molecule has 3 aliphatic heterocycles. The molecule has 3 saturated heterocycles. The molecule has 2 bridgehead atoms. The van der Waals surface area contributed by atoms with Crippen molar-refractivity contribution in [3.63, 3.8) is 0 Å². The van der Waals surface area contributed by atoms with E-state index < -0.39 is 60.0 Å². The van der Waals surface area contributed by atoms with Crippen LogP contribution < -0.4 is 5.32 Å². The highest BCUT2D eigenvalue weighted by atomic mass is 79.9. The molecule has 0 aromatic heterocycles. The Bertz CT molecular complexity index is 1180. The van der Waals surface area contributed by atoms with Gasteiger partial charge < -0.3 is 24.8 Å². The number of aliphatic hydroxyl groups excluding tert-OH is 1. The summed E-state index contributed by atoms with van der Waals surface area (Å²) >= 11 is 9.92. The Morgan fingerprint density at radius 3 is 2.61 bits per heavy atom. The summed E-state index contributed by atoms with van der Waals surface area (Å²) in [5.74, 6) is -3.24. The Hall–Kier alpha value is -2.46. The normalized spacial score (nSPS) is 31.3. The fourth-order valence-corrected chi connectivity index (χ4v) is 7.13. The summed E-state index contributed by atoms with van der Waals surface area (Å²) in [6.07, 6.45) is -0.270. The van der Waals surface area contributed by atoms with Crippen LogP contribution in [0.2, 0.25) is 5.02 Å². The van der Waals surface area contributed by atoms with Gasteiger partial charge in [-0.05, 0) is 31.0 Å². The van der Waals surface area contributed by atoms with Gasteiger partial charge in [0.2, 0.25) is 11.8 Å². The molecule has 10 heteroatoms. The molecule has 5 rings (SSSR count). The maximum Gasteiger partial charge on any atom is 0.312 e. The van der Waals surface area contributed by atoms with Crippen LogP contribution in [-0.4, -0.2) is 63.6 Å². The van der Waals surface area contributed by atoms with Gasteiger partial charge in [0.1, 0.15) is 11.6 Å². The first kappa shape index (κ1) is 25.2. The van der Waals surface area contributed by atoms with E-state index in [1.165, 1.54) is 4.90 Å². The third-order valence-corrected chi connectivity index (χ3v) is 8.53. The number of fused-ring (bicyclic) bond motifs is 1. The largest absolute Gasteiger partial charge is 0.466 e. The summed E-state index contributed by atoms with van der Waals surface area (Å²) in [6, 6.07) is 13.9. The quantitative estimate of drug-likeness (QED) is 0.387. The summed E-state index contributed by atoms with van der Waals surface area (Å²) in [5, 5.41) is 13.6. The number of nitrogens with zero attached hydrogens (tertiary/aromatic N) is 1. The Morgan fingerprint density at radius 2 is 1.94 bits per heavy atom. The molecule has 2 aromatic carbocycles. The number of anilines is 1. The first-order chi connectivity index (χ1) is 17.3. The topological polar surface area (TPSA) is 105 Å². The van der Waals surface area contributed by atoms with Gasteiger partial charge in [0.15, 0.2) is 0 Å². The Kier molecular flexibility index (Phi) is 6.84. The molecule has 0 saturated carbocycles. The Morgan fingerprint density at radius 1 is 1.25 bits per heavy atom. The van der Waals surface area contributed by atoms with Gasteiger partial charge in [0, 0.05) is 4.83 Å². The lowest BCUT2D eigenvalue weighted by Crippen LogP contribution is -2.54. The van der Waals surface area contributed by atoms with Crippen molar-refractivity contribution in [3.05, 3.63) is 65.2 Å². The molecule has 7 atom stereocenters. The number of carbonyl (C=O) groups is 3. The highest BCUT2D eigenvalue weighted by molar-refractivity contribution is 9.09. The number of para-hydroxylation sites is 1. The monoisotopic (exact) mass is 576 g/mol. The van der Waals surface area contributed by atoms with E-state index in [0.717, 1.165) is 0 Å². The number of nitrogens with one attached hydrogen (secondary N) is 1. The van der Waals surface area contributed by atoms with Crippen LogP contribution >= 0.6 is 27.5 Å². The lowest BCUT2D eigenvalue weighted by molar-refractivity contribution is -0.155. The summed E-state index contributed by atoms with van der Waals surface area (Å²) in [6.45, 7) is 1.44. The van der Waals surface area contributed by atoms with E-state index in [2.05, 4.69) is 21.2 Å². The van der Waals surface area contributed by atoms with Crippen LogP contribution in [0, 0.1) is 11.8 Å². The van der Waals surface area contributed by atoms with E-state index >= 15 is 0 Å². The van der Waals surface area contributed by atoms with Crippen molar-refractivity contribution < 1.29 is 29.0 Å². The molecular formula is C26H26BrClN2O6. The van der Waals surface area contributed by atoms with E-state index in [1.807, 2.05) is 6.07 Å². The van der Waals surface area contributed by atoms with Crippen LogP contribution in [0.15, 0.2) is 54.6 Å². The van der Waals surface area contributed by atoms with Gasteiger partial charge in [-0.25, -0.2) is 0 Å². The molecule has 1 spiro atoms. The van der Waals surface area contributed by atoms with Crippen LogP contribution in [0.4, 0.5) is 5.69 Å². The lowest BCUT2D eigenvalue weighted by Gasteiger charge is -2.37. The second kappa shape index (κ2) is 9.78. The van der Waals surface area contributed by atoms with Gasteiger partial charge in [-0.1, -0.05) is 70.0 Å². The van der Waals surface area contributed by atoms with Crippen LogP contribution in [-0.2, 0) is 23.9 Å². The summed E-state index contributed by atoms with van der Waals surface area (Å²) in [5.41, 5.74) is -0.222. The van der Waals surface area contributed by atoms with Crippen molar-refractivity contribution in [1.82, 2.24) is 4.90 Å². The fraction of sp³-hybridized carbons (Fsp3) is 0.423. The fourth-order valence-electron chi connectivity index (χ4n) is 6.00.